The van der Waals surface area contributed by atoms with Gasteiger partial charge in [-0.2, -0.15) is 18.3 Å². The van der Waals surface area contributed by atoms with E-state index in [1.54, 1.807) is 10.7 Å². The number of alkyl halides is 3. The van der Waals surface area contributed by atoms with Crippen LogP contribution >= 0.6 is 0 Å². The molecular weight excluding hydrogens is 289 g/mol. The van der Waals surface area contributed by atoms with Crippen molar-refractivity contribution in [2.75, 3.05) is 0 Å². The first-order valence-electron chi connectivity index (χ1n) is 7.10. The van der Waals surface area contributed by atoms with Gasteiger partial charge >= 0.3 is 6.18 Å². The molecular formula is C17H15F3N2. The first-order valence-corrected chi connectivity index (χ1v) is 7.10. The van der Waals surface area contributed by atoms with E-state index in [-0.39, 0.29) is 5.52 Å². The summed E-state index contributed by atoms with van der Waals surface area (Å²) >= 11 is 0. The van der Waals surface area contributed by atoms with Gasteiger partial charge in [0.15, 0.2) is 0 Å². The zero-order valence-electron chi connectivity index (χ0n) is 12.1. The van der Waals surface area contributed by atoms with Gasteiger partial charge in [-0.3, -0.25) is 4.68 Å². The van der Waals surface area contributed by atoms with Crippen molar-refractivity contribution in [2.24, 2.45) is 0 Å². The topological polar surface area (TPSA) is 17.8 Å². The van der Waals surface area contributed by atoms with Crippen molar-refractivity contribution in [1.82, 2.24) is 9.78 Å². The van der Waals surface area contributed by atoms with Crippen LogP contribution in [0.15, 0.2) is 48.5 Å². The molecule has 0 spiro atoms. The molecule has 1 aromatic heterocycles. The van der Waals surface area contributed by atoms with Crippen molar-refractivity contribution in [3.63, 3.8) is 0 Å². The molecule has 2 aromatic carbocycles. The summed E-state index contributed by atoms with van der Waals surface area (Å²) in [4.78, 5) is 0. The molecule has 5 heteroatoms. The Hall–Kier alpha value is -2.30. The predicted octanol–water partition coefficient (Wildman–Crippen LogP) is 4.67. The van der Waals surface area contributed by atoms with Crippen molar-refractivity contribution in [2.45, 2.75) is 26.1 Å². The molecule has 0 aliphatic carbocycles. The normalized spacial score (nSPS) is 12.0. The minimum Gasteiger partial charge on any atom is -0.264 e. The Morgan fingerprint density at radius 1 is 1.00 bits per heavy atom. The summed E-state index contributed by atoms with van der Waals surface area (Å²) < 4.78 is 41.1. The minimum atomic E-state index is -4.39. The van der Waals surface area contributed by atoms with E-state index >= 15 is 0 Å². The Morgan fingerprint density at radius 3 is 2.36 bits per heavy atom. The number of hydrogen-bond donors (Lipinski definition) is 0. The molecule has 3 aromatic rings. The van der Waals surface area contributed by atoms with Gasteiger partial charge in [-0.15, -0.1) is 0 Å². The van der Waals surface area contributed by atoms with Crippen LogP contribution in [-0.4, -0.2) is 9.78 Å². The summed E-state index contributed by atoms with van der Waals surface area (Å²) in [7, 11) is 0. The van der Waals surface area contributed by atoms with E-state index in [0.717, 1.165) is 17.3 Å². The van der Waals surface area contributed by atoms with Crippen LogP contribution in [0.1, 0.15) is 23.7 Å². The molecule has 0 atom stereocenters. The summed E-state index contributed by atoms with van der Waals surface area (Å²) in [6.07, 6.45) is -3.76. The van der Waals surface area contributed by atoms with E-state index in [2.05, 4.69) is 5.10 Å². The molecule has 114 valence electrons. The van der Waals surface area contributed by atoms with Crippen LogP contribution in [0.2, 0.25) is 0 Å². The number of hydrogen-bond acceptors (Lipinski definition) is 1. The lowest BCUT2D eigenvalue weighted by atomic mass is 10.1. The molecule has 0 radical (unpaired) electrons. The second-order valence-electron chi connectivity index (χ2n) is 5.14. The van der Waals surface area contributed by atoms with E-state index in [1.807, 2.05) is 37.3 Å². The summed E-state index contributed by atoms with van der Waals surface area (Å²) in [5, 5.41) is 4.82. The summed E-state index contributed by atoms with van der Waals surface area (Å²) in [5.41, 5.74) is 1.19. The Labute approximate surface area is 126 Å². The third-order valence-electron chi connectivity index (χ3n) is 3.69. The molecule has 0 aliphatic rings. The van der Waals surface area contributed by atoms with Gasteiger partial charge in [0.05, 0.1) is 12.1 Å². The van der Waals surface area contributed by atoms with Gasteiger partial charge < -0.3 is 0 Å². The van der Waals surface area contributed by atoms with Crippen molar-refractivity contribution < 1.29 is 13.2 Å². The molecule has 1 heterocycles. The van der Waals surface area contributed by atoms with Crippen molar-refractivity contribution in [3.05, 3.63) is 65.4 Å². The molecule has 0 saturated carbocycles. The molecule has 0 bridgehead atoms. The maximum atomic E-state index is 13.1. The molecule has 0 N–H and O–H groups in total. The first-order chi connectivity index (χ1) is 10.5. The van der Waals surface area contributed by atoms with Crippen molar-refractivity contribution >= 4 is 10.9 Å². The van der Waals surface area contributed by atoms with E-state index in [4.69, 9.17) is 0 Å². The monoisotopic (exact) mass is 304 g/mol. The van der Waals surface area contributed by atoms with Crippen LogP contribution in [0.4, 0.5) is 13.2 Å². The number of aromatic nitrogens is 2. The number of benzene rings is 2. The number of halogens is 3. The van der Waals surface area contributed by atoms with Crippen molar-refractivity contribution in [3.8, 4) is 0 Å². The Balaban J connectivity index is 2.15. The zero-order chi connectivity index (χ0) is 15.7. The average Bonchev–Trinajstić information content (AvgIpc) is 2.84. The van der Waals surface area contributed by atoms with Gasteiger partial charge in [-0.25, -0.2) is 0 Å². The van der Waals surface area contributed by atoms with Gasteiger partial charge in [0, 0.05) is 11.1 Å². The van der Waals surface area contributed by atoms with Crippen LogP contribution in [0.3, 0.4) is 0 Å². The smallest absolute Gasteiger partial charge is 0.264 e. The fourth-order valence-electron chi connectivity index (χ4n) is 2.69. The molecule has 2 nitrogen and oxygen atoms in total. The lowest BCUT2D eigenvalue weighted by molar-refractivity contribution is -0.136. The highest BCUT2D eigenvalue weighted by Crippen LogP contribution is 2.35. The van der Waals surface area contributed by atoms with Gasteiger partial charge in [-0.1, -0.05) is 49.4 Å². The van der Waals surface area contributed by atoms with Gasteiger partial charge in [-0.05, 0) is 18.1 Å². The predicted molar refractivity (Wildman–Crippen MR) is 79.7 cm³/mol. The van der Waals surface area contributed by atoms with Gasteiger partial charge in [0.1, 0.15) is 5.52 Å². The van der Waals surface area contributed by atoms with Crippen LogP contribution < -0.4 is 0 Å². The second-order valence-corrected chi connectivity index (χ2v) is 5.14. The standard InChI is InChI=1S/C17H15F3N2/c1-2-15-13-9-6-10-14(17(18,19)20)16(13)21-22(15)11-12-7-4-3-5-8-12/h3-10H,2,11H2,1H3. The van der Waals surface area contributed by atoms with E-state index in [1.165, 1.54) is 6.07 Å². The number of aryl methyl sites for hydroxylation is 1. The molecule has 3 rings (SSSR count). The summed E-state index contributed by atoms with van der Waals surface area (Å²) in [6, 6.07) is 13.8. The second kappa shape index (κ2) is 5.48. The Bertz CT molecular complexity index is 789. The number of rotatable bonds is 3. The highest BCUT2D eigenvalue weighted by Gasteiger charge is 2.34. The molecule has 22 heavy (non-hydrogen) atoms. The van der Waals surface area contributed by atoms with E-state index in [9.17, 15) is 13.2 Å². The number of fused-ring (bicyclic) bond motifs is 1. The van der Waals surface area contributed by atoms with Crippen LogP contribution in [0.5, 0.6) is 0 Å². The summed E-state index contributed by atoms with van der Waals surface area (Å²) in [5.74, 6) is 0. The van der Waals surface area contributed by atoms with E-state index in [0.29, 0.717) is 18.4 Å². The largest absolute Gasteiger partial charge is 0.418 e. The molecule has 0 fully saturated rings. The van der Waals surface area contributed by atoms with Crippen LogP contribution in [0, 0.1) is 0 Å². The average molecular weight is 304 g/mol. The van der Waals surface area contributed by atoms with Gasteiger partial charge in [0.2, 0.25) is 0 Å². The highest BCUT2D eigenvalue weighted by molar-refractivity contribution is 5.85. The molecule has 0 aliphatic heterocycles. The Kier molecular flexibility index (Phi) is 3.64. The maximum absolute atomic E-state index is 13.1. The third-order valence-corrected chi connectivity index (χ3v) is 3.69. The third kappa shape index (κ3) is 2.58. The van der Waals surface area contributed by atoms with E-state index < -0.39 is 11.7 Å². The lowest BCUT2D eigenvalue weighted by Crippen LogP contribution is -2.07. The highest BCUT2D eigenvalue weighted by atomic mass is 19.4. The van der Waals surface area contributed by atoms with Crippen LogP contribution in [0.25, 0.3) is 10.9 Å². The van der Waals surface area contributed by atoms with Crippen LogP contribution in [-0.2, 0) is 19.1 Å². The zero-order valence-corrected chi connectivity index (χ0v) is 12.1. The maximum Gasteiger partial charge on any atom is 0.418 e. The first kappa shape index (κ1) is 14.6. The minimum absolute atomic E-state index is 0.0304. The lowest BCUT2D eigenvalue weighted by Gasteiger charge is -2.06. The number of nitrogens with zero attached hydrogens (tertiary/aromatic N) is 2. The molecule has 0 amide bonds. The molecule has 0 saturated heterocycles. The summed E-state index contributed by atoms with van der Waals surface area (Å²) in [6.45, 7) is 2.40. The van der Waals surface area contributed by atoms with Gasteiger partial charge in [0.25, 0.3) is 0 Å². The fourth-order valence-corrected chi connectivity index (χ4v) is 2.69. The fraction of sp³-hybridized carbons (Fsp3) is 0.235. The quantitative estimate of drug-likeness (QED) is 0.688. The molecule has 0 unspecified atom stereocenters. The van der Waals surface area contributed by atoms with Crippen molar-refractivity contribution in [1.29, 1.82) is 0 Å². The SMILES string of the molecule is CCc1c2cccc(C(F)(F)F)c2nn1Cc1ccccc1. The Morgan fingerprint density at radius 2 is 1.73 bits per heavy atom.